The van der Waals surface area contributed by atoms with Crippen molar-refractivity contribution in [3.05, 3.63) is 46.1 Å². The molecule has 3 fully saturated rings. The van der Waals surface area contributed by atoms with Gasteiger partial charge in [0.25, 0.3) is 11.8 Å². The van der Waals surface area contributed by atoms with Crippen molar-refractivity contribution in [2.45, 2.75) is 63.1 Å². The Morgan fingerprint density at radius 1 is 1.28 bits per heavy atom. The van der Waals surface area contributed by atoms with Gasteiger partial charge in [-0.1, -0.05) is 16.8 Å². The van der Waals surface area contributed by atoms with E-state index in [1.807, 2.05) is 0 Å². The highest BCUT2D eigenvalue weighted by molar-refractivity contribution is 6.30. The minimum Gasteiger partial charge on any atom is -0.484 e. The van der Waals surface area contributed by atoms with Gasteiger partial charge in [-0.3, -0.25) is 9.59 Å². The maximum absolute atomic E-state index is 13.5. The second-order valence-corrected chi connectivity index (χ2v) is 9.13. The number of fused-ring (bicyclic) bond motifs is 3. The van der Waals surface area contributed by atoms with Crippen molar-refractivity contribution in [2.24, 2.45) is 0 Å². The lowest BCUT2D eigenvalue weighted by atomic mass is 9.59. The van der Waals surface area contributed by atoms with E-state index in [4.69, 9.17) is 20.9 Å². The molecule has 1 atom stereocenters. The Balaban J connectivity index is 1.36. The van der Waals surface area contributed by atoms with Gasteiger partial charge >= 0.3 is 0 Å². The van der Waals surface area contributed by atoms with Gasteiger partial charge in [-0.25, -0.2) is 4.39 Å². The van der Waals surface area contributed by atoms with Crippen LogP contribution in [0.2, 0.25) is 5.02 Å². The number of amides is 2. The topological polar surface area (TPSA) is 114 Å². The standard InChI is InChI=1S/C22H25ClFN3O5/c1-12-19(13(2)32-27-12)20(30)26-22-7-5-21(6-8-22,10-17(22)28)25-18(29)11-31-14-3-4-15(23)16(24)9-14/h3-4,9,17,28H,5-8,10-11H2,1-2H3,(H,25,29)(H,26,30). The van der Waals surface area contributed by atoms with Crippen LogP contribution in [0.4, 0.5) is 4.39 Å². The van der Waals surface area contributed by atoms with Crippen LogP contribution in [0.5, 0.6) is 5.75 Å². The Bertz CT molecular complexity index is 1030. The Labute approximate surface area is 189 Å². The molecule has 3 aliphatic rings. The van der Waals surface area contributed by atoms with E-state index >= 15 is 0 Å². The number of aromatic nitrogens is 1. The van der Waals surface area contributed by atoms with E-state index in [9.17, 15) is 19.1 Å². The summed E-state index contributed by atoms with van der Waals surface area (Å²) in [7, 11) is 0. The number of aliphatic hydroxyl groups excluding tert-OH is 1. The number of hydrogen-bond donors (Lipinski definition) is 3. The SMILES string of the molecule is Cc1noc(C)c1C(=O)NC12CCC(NC(=O)COc3ccc(Cl)c(F)c3)(CC1)CC2O. The number of hydrogen-bond acceptors (Lipinski definition) is 6. The highest BCUT2D eigenvalue weighted by Gasteiger charge is 2.55. The third-order valence-corrected chi connectivity index (χ3v) is 6.92. The molecule has 1 unspecified atom stereocenters. The van der Waals surface area contributed by atoms with Crippen molar-refractivity contribution >= 4 is 23.4 Å². The maximum Gasteiger partial charge on any atom is 0.258 e. The van der Waals surface area contributed by atoms with Crippen molar-refractivity contribution in [3.8, 4) is 5.75 Å². The molecule has 2 aromatic rings. The second-order valence-electron chi connectivity index (χ2n) is 8.72. The first-order valence-electron chi connectivity index (χ1n) is 10.5. The number of nitrogens with zero attached hydrogens (tertiary/aromatic N) is 1. The zero-order valence-electron chi connectivity index (χ0n) is 17.8. The summed E-state index contributed by atoms with van der Waals surface area (Å²) in [5, 5.41) is 20.7. The summed E-state index contributed by atoms with van der Waals surface area (Å²) in [6.45, 7) is 3.08. The van der Waals surface area contributed by atoms with Gasteiger partial charge < -0.3 is 25.0 Å². The molecule has 10 heteroatoms. The summed E-state index contributed by atoms with van der Waals surface area (Å²) >= 11 is 5.65. The average Bonchev–Trinajstić information content (AvgIpc) is 3.08. The van der Waals surface area contributed by atoms with E-state index in [0.29, 0.717) is 49.1 Å². The van der Waals surface area contributed by atoms with Gasteiger partial charge in [0.05, 0.1) is 22.4 Å². The molecule has 0 saturated heterocycles. The van der Waals surface area contributed by atoms with Crippen molar-refractivity contribution in [3.63, 3.8) is 0 Å². The van der Waals surface area contributed by atoms with E-state index in [-0.39, 0.29) is 29.2 Å². The van der Waals surface area contributed by atoms with Gasteiger partial charge in [0.15, 0.2) is 6.61 Å². The number of halogens is 2. The minimum absolute atomic E-state index is 0.0241. The predicted molar refractivity (Wildman–Crippen MR) is 113 cm³/mol. The first-order valence-corrected chi connectivity index (χ1v) is 10.8. The summed E-state index contributed by atoms with van der Waals surface area (Å²) in [5.41, 5.74) is -0.435. The summed E-state index contributed by atoms with van der Waals surface area (Å²) in [6, 6.07) is 3.96. The molecule has 3 N–H and O–H groups in total. The molecule has 3 aliphatic carbocycles. The van der Waals surface area contributed by atoms with Crippen LogP contribution in [0.15, 0.2) is 22.7 Å². The maximum atomic E-state index is 13.5. The Morgan fingerprint density at radius 2 is 2.00 bits per heavy atom. The zero-order valence-corrected chi connectivity index (χ0v) is 18.6. The Hall–Kier alpha value is -2.65. The number of carbonyl (C=O) groups excluding carboxylic acids is 2. The number of carbonyl (C=O) groups is 2. The molecule has 0 radical (unpaired) electrons. The first-order chi connectivity index (χ1) is 15.1. The van der Waals surface area contributed by atoms with Crippen LogP contribution in [0.25, 0.3) is 0 Å². The number of nitrogens with one attached hydrogen (secondary N) is 2. The monoisotopic (exact) mass is 465 g/mol. The fourth-order valence-electron chi connectivity index (χ4n) is 4.80. The molecule has 0 aliphatic heterocycles. The summed E-state index contributed by atoms with van der Waals surface area (Å²) in [4.78, 5) is 25.3. The van der Waals surface area contributed by atoms with Crippen molar-refractivity contribution in [1.82, 2.24) is 15.8 Å². The molecular formula is C22H25ClFN3O5. The summed E-state index contributed by atoms with van der Waals surface area (Å²) in [6.07, 6.45) is 1.75. The third-order valence-electron chi connectivity index (χ3n) is 6.61. The van der Waals surface area contributed by atoms with E-state index in [1.54, 1.807) is 13.8 Å². The third kappa shape index (κ3) is 4.19. The largest absolute Gasteiger partial charge is 0.484 e. The highest BCUT2D eigenvalue weighted by atomic mass is 35.5. The summed E-state index contributed by atoms with van der Waals surface area (Å²) in [5.74, 6) is -0.669. The molecule has 1 aromatic heterocycles. The fourth-order valence-corrected chi connectivity index (χ4v) is 4.92. The van der Waals surface area contributed by atoms with E-state index in [1.165, 1.54) is 12.1 Å². The molecule has 1 heterocycles. The molecule has 8 nitrogen and oxygen atoms in total. The van der Waals surface area contributed by atoms with Crippen LogP contribution in [0.1, 0.15) is 53.9 Å². The van der Waals surface area contributed by atoms with Gasteiger partial charge in [-0.15, -0.1) is 0 Å². The van der Waals surface area contributed by atoms with Crippen molar-refractivity contribution < 1.29 is 28.3 Å². The number of aryl methyl sites for hydroxylation is 2. The molecule has 0 spiro atoms. The molecular weight excluding hydrogens is 441 g/mol. The molecule has 3 saturated carbocycles. The van der Waals surface area contributed by atoms with Crippen molar-refractivity contribution in [2.75, 3.05) is 6.61 Å². The van der Waals surface area contributed by atoms with Gasteiger partial charge in [0.1, 0.15) is 22.9 Å². The van der Waals surface area contributed by atoms with E-state index < -0.39 is 23.0 Å². The lowest BCUT2D eigenvalue weighted by molar-refractivity contribution is -0.129. The van der Waals surface area contributed by atoms with Crippen LogP contribution in [0, 0.1) is 19.7 Å². The number of aliphatic hydroxyl groups is 1. The van der Waals surface area contributed by atoms with E-state index in [2.05, 4.69) is 15.8 Å². The quantitative estimate of drug-likeness (QED) is 0.604. The number of ether oxygens (including phenoxy) is 1. The molecule has 5 rings (SSSR count). The van der Waals surface area contributed by atoms with Crippen LogP contribution in [-0.4, -0.2) is 45.9 Å². The second kappa shape index (κ2) is 8.37. The number of benzene rings is 1. The molecule has 1 aromatic carbocycles. The smallest absolute Gasteiger partial charge is 0.258 e. The lowest BCUT2D eigenvalue weighted by Gasteiger charge is -2.56. The zero-order chi connectivity index (χ0) is 23.1. The van der Waals surface area contributed by atoms with Crippen LogP contribution in [-0.2, 0) is 4.79 Å². The molecule has 32 heavy (non-hydrogen) atoms. The van der Waals surface area contributed by atoms with Crippen LogP contribution >= 0.6 is 11.6 Å². The van der Waals surface area contributed by atoms with Crippen LogP contribution < -0.4 is 15.4 Å². The van der Waals surface area contributed by atoms with Gasteiger partial charge in [0, 0.05) is 11.6 Å². The summed E-state index contributed by atoms with van der Waals surface area (Å²) < 4.78 is 24.0. The van der Waals surface area contributed by atoms with Gasteiger partial charge in [-0.05, 0) is 58.1 Å². The normalized spacial score (nSPS) is 26.6. The highest BCUT2D eigenvalue weighted by Crippen LogP contribution is 2.47. The van der Waals surface area contributed by atoms with Crippen LogP contribution in [0.3, 0.4) is 0 Å². The Kier molecular flexibility index (Phi) is 5.89. The predicted octanol–water partition coefficient (Wildman–Crippen LogP) is 2.83. The molecule has 172 valence electrons. The van der Waals surface area contributed by atoms with Gasteiger partial charge in [0.2, 0.25) is 0 Å². The minimum atomic E-state index is -0.819. The molecule has 2 bridgehead atoms. The number of rotatable bonds is 6. The lowest BCUT2D eigenvalue weighted by Crippen LogP contribution is -2.70. The van der Waals surface area contributed by atoms with E-state index in [0.717, 1.165) is 6.07 Å². The van der Waals surface area contributed by atoms with Gasteiger partial charge in [-0.2, -0.15) is 0 Å². The fraction of sp³-hybridized carbons (Fsp3) is 0.500. The first kappa shape index (κ1) is 22.5. The molecule has 2 amide bonds. The average molecular weight is 466 g/mol. The Morgan fingerprint density at radius 3 is 2.59 bits per heavy atom. The van der Waals surface area contributed by atoms with Crippen molar-refractivity contribution in [1.29, 1.82) is 0 Å².